The monoisotopic (exact) mass is 276 g/mol. The Balaban J connectivity index is 2.51. The van der Waals surface area contributed by atoms with E-state index in [4.69, 9.17) is 0 Å². The van der Waals surface area contributed by atoms with Crippen LogP contribution in [-0.2, 0) is 10.0 Å². The molecule has 1 aromatic heterocycles. The van der Waals surface area contributed by atoms with E-state index in [0.29, 0.717) is 5.39 Å². The van der Waals surface area contributed by atoms with E-state index < -0.39 is 15.5 Å². The molecule has 2 aromatic rings. The lowest BCUT2D eigenvalue weighted by atomic mass is 10.2. The normalized spacial score (nSPS) is 12.6. The van der Waals surface area contributed by atoms with Crippen LogP contribution in [-0.4, -0.2) is 18.9 Å². The van der Waals surface area contributed by atoms with Gasteiger partial charge >= 0.3 is 15.5 Å². The van der Waals surface area contributed by atoms with Crippen molar-refractivity contribution in [2.24, 2.45) is 0 Å². The molecule has 1 aromatic carbocycles. The fourth-order valence-electron chi connectivity index (χ4n) is 1.39. The Morgan fingerprint density at radius 3 is 2.44 bits per heavy atom. The van der Waals surface area contributed by atoms with Crippen molar-refractivity contribution in [1.82, 2.24) is 4.98 Å². The van der Waals surface area contributed by atoms with Gasteiger partial charge in [-0.25, -0.2) is 0 Å². The fraction of sp³-hybridized carbons (Fsp3) is 0.100. The Morgan fingerprint density at radius 1 is 1.11 bits per heavy atom. The predicted octanol–water partition coefficient (Wildman–Crippen LogP) is 2.50. The van der Waals surface area contributed by atoms with E-state index >= 15 is 0 Å². The van der Waals surface area contributed by atoms with Gasteiger partial charge < -0.3 is 0 Å². The Bertz CT molecular complexity index is 678. The average Bonchev–Trinajstić information content (AvgIpc) is 2.27. The molecule has 2 rings (SSSR count). The lowest BCUT2D eigenvalue weighted by molar-refractivity contribution is -0.0429. The first-order valence-electron chi connectivity index (χ1n) is 4.74. The summed E-state index contributed by atoms with van der Waals surface area (Å²) in [4.78, 5) is 3.85. The number of nitrogens with zero attached hydrogens (tertiary/aromatic N) is 1. The number of para-hydroxylation sites is 1. The highest BCUT2D eigenvalue weighted by molar-refractivity contribution is 7.93. The summed E-state index contributed by atoms with van der Waals surface area (Å²) in [5.41, 5.74) is -5.40. The second-order valence-corrected chi connectivity index (χ2v) is 5.11. The number of nitrogens with one attached hydrogen (secondary N) is 1. The molecule has 0 bridgehead atoms. The van der Waals surface area contributed by atoms with Crippen molar-refractivity contribution in [3.63, 3.8) is 0 Å². The Labute approximate surface area is 101 Å². The van der Waals surface area contributed by atoms with Crippen molar-refractivity contribution in [2.75, 3.05) is 4.72 Å². The van der Waals surface area contributed by atoms with Crippen molar-refractivity contribution >= 4 is 26.6 Å². The lowest BCUT2D eigenvalue weighted by Gasteiger charge is -2.11. The third-order valence-corrected chi connectivity index (χ3v) is 3.28. The Kier molecular flexibility index (Phi) is 2.89. The van der Waals surface area contributed by atoms with Crippen LogP contribution in [0.2, 0.25) is 0 Å². The SMILES string of the molecule is O=S(=O)(Nc1cccc2cccnc12)C(F)(F)F. The minimum Gasteiger partial charge on any atom is -0.274 e. The Morgan fingerprint density at radius 2 is 1.78 bits per heavy atom. The molecule has 0 fully saturated rings. The molecule has 0 spiro atoms. The van der Waals surface area contributed by atoms with E-state index in [1.807, 2.05) is 0 Å². The van der Waals surface area contributed by atoms with Crippen molar-refractivity contribution in [2.45, 2.75) is 5.51 Å². The molecule has 0 aliphatic heterocycles. The second-order valence-electron chi connectivity index (χ2n) is 3.43. The van der Waals surface area contributed by atoms with Gasteiger partial charge in [0.2, 0.25) is 0 Å². The summed E-state index contributed by atoms with van der Waals surface area (Å²) in [6.07, 6.45) is 1.37. The number of pyridine rings is 1. The smallest absolute Gasteiger partial charge is 0.274 e. The lowest BCUT2D eigenvalue weighted by Crippen LogP contribution is -2.30. The molecule has 4 nitrogen and oxygen atoms in total. The summed E-state index contributed by atoms with van der Waals surface area (Å²) in [6, 6.07) is 7.50. The number of sulfonamides is 1. The minimum atomic E-state index is -5.43. The van der Waals surface area contributed by atoms with Gasteiger partial charge in [0.15, 0.2) is 0 Å². The van der Waals surface area contributed by atoms with Crippen molar-refractivity contribution in [3.05, 3.63) is 36.5 Å². The zero-order valence-corrected chi connectivity index (χ0v) is 9.59. The summed E-state index contributed by atoms with van der Waals surface area (Å²) >= 11 is 0. The standard InChI is InChI=1S/C10H7F3N2O2S/c11-10(12,13)18(16,17)15-8-5-1-3-7-4-2-6-14-9(7)8/h1-6,15H. The topological polar surface area (TPSA) is 59.1 Å². The molecular formula is C10H7F3N2O2S. The summed E-state index contributed by atoms with van der Waals surface area (Å²) in [5, 5.41) is 0.542. The number of hydrogen-bond acceptors (Lipinski definition) is 3. The van der Waals surface area contributed by atoms with Gasteiger partial charge in [-0.05, 0) is 12.1 Å². The number of anilines is 1. The molecule has 0 saturated heterocycles. The maximum Gasteiger partial charge on any atom is 0.516 e. The molecule has 0 aliphatic rings. The van der Waals surface area contributed by atoms with E-state index in [1.165, 1.54) is 23.1 Å². The molecule has 0 amide bonds. The molecule has 0 aliphatic carbocycles. The van der Waals surface area contributed by atoms with Crippen molar-refractivity contribution < 1.29 is 21.6 Å². The Hall–Kier alpha value is -1.83. The van der Waals surface area contributed by atoms with Crippen molar-refractivity contribution in [3.8, 4) is 0 Å². The first kappa shape index (κ1) is 12.6. The fourth-order valence-corrected chi connectivity index (χ4v) is 1.96. The largest absolute Gasteiger partial charge is 0.516 e. The maximum atomic E-state index is 12.2. The van der Waals surface area contributed by atoms with Crippen LogP contribution >= 0.6 is 0 Å². The van der Waals surface area contributed by atoms with Gasteiger partial charge in [0.05, 0.1) is 11.2 Å². The van der Waals surface area contributed by atoms with Gasteiger partial charge in [-0.1, -0.05) is 18.2 Å². The molecule has 0 saturated carbocycles. The third kappa shape index (κ3) is 2.23. The van der Waals surface area contributed by atoms with Gasteiger partial charge in [-0.2, -0.15) is 21.6 Å². The molecule has 1 N–H and O–H groups in total. The summed E-state index contributed by atoms with van der Waals surface area (Å²) < 4.78 is 60.2. The van der Waals surface area contributed by atoms with Crippen LogP contribution in [0.15, 0.2) is 36.5 Å². The minimum absolute atomic E-state index is 0.160. The van der Waals surface area contributed by atoms with E-state index in [-0.39, 0.29) is 11.2 Å². The van der Waals surface area contributed by atoms with Crippen molar-refractivity contribution in [1.29, 1.82) is 0 Å². The molecule has 0 radical (unpaired) electrons. The molecule has 0 unspecified atom stereocenters. The predicted molar refractivity (Wildman–Crippen MR) is 60.3 cm³/mol. The quantitative estimate of drug-likeness (QED) is 0.916. The van der Waals surface area contributed by atoms with Gasteiger partial charge in [0.25, 0.3) is 0 Å². The molecular weight excluding hydrogens is 269 g/mol. The van der Waals surface area contributed by atoms with Gasteiger partial charge in [0.1, 0.15) is 0 Å². The number of alkyl halides is 3. The average molecular weight is 276 g/mol. The molecule has 1 heterocycles. The van der Waals surface area contributed by atoms with E-state index in [2.05, 4.69) is 4.98 Å². The van der Waals surface area contributed by atoms with Crippen LogP contribution in [0.3, 0.4) is 0 Å². The molecule has 8 heteroatoms. The van der Waals surface area contributed by atoms with Crippen LogP contribution in [0.5, 0.6) is 0 Å². The number of hydrogen-bond donors (Lipinski definition) is 1. The number of halogens is 3. The van der Waals surface area contributed by atoms with Crippen LogP contribution in [0.1, 0.15) is 0 Å². The number of fused-ring (bicyclic) bond motifs is 1. The molecule has 18 heavy (non-hydrogen) atoms. The summed E-state index contributed by atoms with van der Waals surface area (Å²) in [7, 11) is -5.43. The summed E-state index contributed by atoms with van der Waals surface area (Å²) in [6.45, 7) is 0. The van der Waals surface area contributed by atoms with Crippen LogP contribution in [0, 0.1) is 0 Å². The van der Waals surface area contributed by atoms with E-state index in [1.54, 1.807) is 18.2 Å². The van der Waals surface area contributed by atoms with E-state index in [0.717, 1.165) is 0 Å². The highest BCUT2D eigenvalue weighted by atomic mass is 32.2. The zero-order valence-electron chi connectivity index (χ0n) is 8.77. The van der Waals surface area contributed by atoms with Gasteiger partial charge in [0, 0.05) is 11.6 Å². The molecule has 96 valence electrons. The van der Waals surface area contributed by atoms with Crippen LogP contribution in [0.25, 0.3) is 10.9 Å². The van der Waals surface area contributed by atoms with Crippen LogP contribution < -0.4 is 4.72 Å². The zero-order chi connectivity index (χ0) is 13.4. The summed E-state index contributed by atoms with van der Waals surface area (Å²) in [5.74, 6) is 0. The second kappa shape index (κ2) is 4.13. The first-order chi connectivity index (χ1) is 8.31. The van der Waals surface area contributed by atoms with Gasteiger partial charge in [-0.15, -0.1) is 0 Å². The van der Waals surface area contributed by atoms with Crippen LogP contribution in [0.4, 0.5) is 18.9 Å². The first-order valence-corrected chi connectivity index (χ1v) is 6.22. The molecule has 0 atom stereocenters. The van der Waals surface area contributed by atoms with Gasteiger partial charge in [-0.3, -0.25) is 9.71 Å². The highest BCUT2D eigenvalue weighted by Crippen LogP contribution is 2.28. The van der Waals surface area contributed by atoms with E-state index in [9.17, 15) is 21.6 Å². The maximum absolute atomic E-state index is 12.2. The number of aromatic nitrogens is 1. The number of benzene rings is 1. The highest BCUT2D eigenvalue weighted by Gasteiger charge is 2.46. The third-order valence-electron chi connectivity index (χ3n) is 2.18. The number of rotatable bonds is 2.